The number of rotatable bonds is 6. The van der Waals surface area contributed by atoms with E-state index in [-0.39, 0.29) is 13.0 Å². The first kappa shape index (κ1) is 16.7. The molecule has 2 amide bonds. The Labute approximate surface area is 107 Å². The van der Waals surface area contributed by atoms with Gasteiger partial charge in [0.05, 0.1) is 4.75 Å². The van der Waals surface area contributed by atoms with Gasteiger partial charge in [0, 0.05) is 12.8 Å². The maximum Gasteiger partial charge on any atom is 0.326 e. The van der Waals surface area contributed by atoms with Crippen LogP contribution in [-0.2, 0) is 14.6 Å². The molecule has 0 saturated carbocycles. The minimum atomic E-state index is -3.31. The molecule has 0 rings (SSSR count). The van der Waals surface area contributed by atoms with Crippen molar-refractivity contribution >= 4 is 21.8 Å². The number of sulfone groups is 1. The standard InChI is InChI=1S/C10H20N2O5S/c1-5-7(8(13)14)12-9(15)11-6-10(2,3)18(4,16)17/h7H,5-6H2,1-4H3,(H,13,14)(H2,11,12,15)/t7-/m0/s1. The number of carboxylic acid groups (broad SMARTS) is 1. The van der Waals surface area contributed by atoms with Crippen LogP contribution in [0.4, 0.5) is 4.79 Å². The third-order valence-electron chi connectivity index (χ3n) is 2.69. The van der Waals surface area contributed by atoms with Crippen LogP contribution in [-0.4, -0.2) is 49.1 Å². The average molecular weight is 280 g/mol. The van der Waals surface area contributed by atoms with Gasteiger partial charge in [0.1, 0.15) is 6.04 Å². The highest BCUT2D eigenvalue weighted by Gasteiger charge is 2.30. The summed E-state index contributed by atoms with van der Waals surface area (Å²) in [6, 6.07) is -1.67. The van der Waals surface area contributed by atoms with Gasteiger partial charge < -0.3 is 15.7 Å². The van der Waals surface area contributed by atoms with Crippen molar-refractivity contribution in [1.82, 2.24) is 10.6 Å². The van der Waals surface area contributed by atoms with Crippen molar-refractivity contribution in [3.63, 3.8) is 0 Å². The summed E-state index contributed by atoms with van der Waals surface area (Å²) < 4.78 is 21.7. The van der Waals surface area contributed by atoms with E-state index in [1.54, 1.807) is 6.92 Å². The van der Waals surface area contributed by atoms with Gasteiger partial charge in [-0.1, -0.05) is 6.92 Å². The van der Waals surface area contributed by atoms with Gasteiger partial charge in [-0.15, -0.1) is 0 Å². The van der Waals surface area contributed by atoms with E-state index < -0.39 is 32.6 Å². The fraction of sp³-hybridized carbons (Fsp3) is 0.800. The van der Waals surface area contributed by atoms with Crippen LogP contribution in [0.5, 0.6) is 0 Å². The molecule has 0 aromatic carbocycles. The number of carbonyl (C=O) groups is 2. The number of nitrogens with one attached hydrogen (secondary N) is 2. The minimum absolute atomic E-state index is 0.0896. The number of aliphatic carboxylic acids is 1. The Morgan fingerprint density at radius 1 is 1.33 bits per heavy atom. The van der Waals surface area contributed by atoms with Gasteiger partial charge in [-0.25, -0.2) is 18.0 Å². The Morgan fingerprint density at radius 2 is 1.83 bits per heavy atom. The van der Waals surface area contributed by atoms with Crippen LogP contribution in [0, 0.1) is 0 Å². The Hall–Kier alpha value is -1.31. The van der Waals surface area contributed by atoms with Crippen molar-refractivity contribution in [3.05, 3.63) is 0 Å². The van der Waals surface area contributed by atoms with Crippen LogP contribution in [0.2, 0.25) is 0 Å². The molecule has 0 saturated heterocycles. The number of carboxylic acids is 1. The number of urea groups is 1. The topological polar surface area (TPSA) is 113 Å². The van der Waals surface area contributed by atoms with E-state index in [4.69, 9.17) is 5.11 Å². The second-order valence-electron chi connectivity index (χ2n) is 4.66. The smallest absolute Gasteiger partial charge is 0.326 e. The summed E-state index contributed by atoms with van der Waals surface area (Å²) in [4.78, 5) is 22.1. The number of amides is 2. The fourth-order valence-electron chi connectivity index (χ4n) is 0.972. The van der Waals surface area contributed by atoms with Crippen molar-refractivity contribution < 1.29 is 23.1 Å². The first-order valence-corrected chi connectivity index (χ1v) is 7.37. The zero-order chi connectivity index (χ0) is 14.6. The Morgan fingerprint density at radius 3 is 2.17 bits per heavy atom. The maximum absolute atomic E-state index is 11.4. The van der Waals surface area contributed by atoms with Gasteiger partial charge in [-0.2, -0.15) is 0 Å². The first-order chi connectivity index (χ1) is 8.01. The molecular weight excluding hydrogens is 260 g/mol. The molecule has 0 fully saturated rings. The fourth-order valence-corrected chi connectivity index (χ4v) is 1.31. The maximum atomic E-state index is 11.4. The van der Waals surface area contributed by atoms with Crippen LogP contribution in [0.15, 0.2) is 0 Å². The lowest BCUT2D eigenvalue weighted by atomic mass is 10.2. The molecule has 0 aromatic rings. The Bertz CT molecular complexity index is 416. The molecule has 0 heterocycles. The number of hydrogen-bond donors (Lipinski definition) is 3. The predicted octanol–water partition coefficient (Wildman–Crippen LogP) is -0.0280. The minimum Gasteiger partial charge on any atom is -0.480 e. The molecule has 1 atom stereocenters. The molecule has 0 radical (unpaired) electrons. The highest BCUT2D eigenvalue weighted by atomic mass is 32.2. The van der Waals surface area contributed by atoms with E-state index in [0.29, 0.717) is 0 Å². The molecule has 0 bridgehead atoms. The summed E-state index contributed by atoms with van der Waals surface area (Å²) in [6.07, 6.45) is 1.33. The Kier molecular flexibility index (Phi) is 5.59. The lowest BCUT2D eigenvalue weighted by Gasteiger charge is -2.23. The quantitative estimate of drug-likeness (QED) is 0.632. The van der Waals surface area contributed by atoms with E-state index in [1.807, 2.05) is 0 Å². The van der Waals surface area contributed by atoms with E-state index in [0.717, 1.165) is 6.26 Å². The largest absolute Gasteiger partial charge is 0.480 e. The summed E-state index contributed by atoms with van der Waals surface area (Å²) >= 11 is 0. The molecular formula is C10H20N2O5S. The molecule has 7 nitrogen and oxygen atoms in total. The summed E-state index contributed by atoms with van der Waals surface area (Å²) in [5, 5.41) is 13.3. The van der Waals surface area contributed by atoms with Crippen molar-refractivity contribution in [2.45, 2.75) is 38.0 Å². The Balaban J connectivity index is 4.41. The van der Waals surface area contributed by atoms with Gasteiger partial charge in [0.25, 0.3) is 0 Å². The molecule has 0 aliphatic heterocycles. The van der Waals surface area contributed by atoms with E-state index in [2.05, 4.69) is 10.6 Å². The van der Waals surface area contributed by atoms with Gasteiger partial charge in [0.15, 0.2) is 9.84 Å². The van der Waals surface area contributed by atoms with Gasteiger partial charge >= 0.3 is 12.0 Å². The van der Waals surface area contributed by atoms with E-state index >= 15 is 0 Å². The van der Waals surface area contributed by atoms with Gasteiger partial charge in [-0.05, 0) is 20.3 Å². The van der Waals surface area contributed by atoms with Gasteiger partial charge in [-0.3, -0.25) is 0 Å². The first-order valence-electron chi connectivity index (χ1n) is 5.48. The average Bonchev–Trinajstić information content (AvgIpc) is 2.21. The lowest BCUT2D eigenvalue weighted by Crippen LogP contribution is -2.50. The third-order valence-corrected chi connectivity index (χ3v) is 4.84. The number of carbonyl (C=O) groups excluding carboxylic acids is 1. The van der Waals surface area contributed by atoms with Crippen LogP contribution in [0.25, 0.3) is 0 Å². The molecule has 0 aliphatic rings. The molecule has 18 heavy (non-hydrogen) atoms. The highest BCUT2D eigenvalue weighted by molar-refractivity contribution is 7.92. The predicted molar refractivity (Wildman–Crippen MR) is 67.2 cm³/mol. The molecule has 0 unspecified atom stereocenters. The molecule has 106 valence electrons. The summed E-state index contributed by atoms with van der Waals surface area (Å²) in [5.41, 5.74) is 0. The molecule has 8 heteroatoms. The lowest BCUT2D eigenvalue weighted by molar-refractivity contribution is -0.139. The van der Waals surface area contributed by atoms with Crippen LogP contribution in [0.3, 0.4) is 0 Å². The van der Waals surface area contributed by atoms with E-state index in [1.165, 1.54) is 13.8 Å². The second kappa shape index (κ2) is 6.03. The second-order valence-corrected chi connectivity index (χ2v) is 7.31. The monoisotopic (exact) mass is 280 g/mol. The van der Waals surface area contributed by atoms with Crippen molar-refractivity contribution in [2.75, 3.05) is 12.8 Å². The van der Waals surface area contributed by atoms with Crippen LogP contribution >= 0.6 is 0 Å². The highest BCUT2D eigenvalue weighted by Crippen LogP contribution is 2.13. The molecule has 0 aliphatic carbocycles. The normalized spacial score (nSPS) is 13.8. The summed E-state index contributed by atoms with van der Waals surface area (Å²) in [7, 11) is -3.31. The molecule has 0 spiro atoms. The zero-order valence-corrected chi connectivity index (χ0v) is 11.8. The zero-order valence-electron chi connectivity index (χ0n) is 11.0. The van der Waals surface area contributed by atoms with Gasteiger partial charge in [0.2, 0.25) is 0 Å². The summed E-state index contributed by atoms with van der Waals surface area (Å²) in [5.74, 6) is -1.13. The third kappa shape index (κ3) is 4.91. The molecule has 3 N–H and O–H groups in total. The SMILES string of the molecule is CC[C@H](NC(=O)NCC(C)(C)S(C)(=O)=O)C(=O)O. The van der Waals surface area contributed by atoms with Crippen LogP contribution in [0.1, 0.15) is 27.2 Å². The molecule has 0 aromatic heterocycles. The van der Waals surface area contributed by atoms with Crippen molar-refractivity contribution in [3.8, 4) is 0 Å². The van der Waals surface area contributed by atoms with Crippen LogP contribution < -0.4 is 10.6 Å². The summed E-state index contributed by atoms with van der Waals surface area (Å²) in [6.45, 7) is 4.50. The van der Waals surface area contributed by atoms with Crippen molar-refractivity contribution in [2.24, 2.45) is 0 Å². The van der Waals surface area contributed by atoms with E-state index in [9.17, 15) is 18.0 Å². The van der Waals surface area contributed by atoms with Crippen molar-refractivity contribution in [1.29, 1.82) is 0 Å². The number of hydrogen-bond acceptors (Lipinski definition) is 4.